The molecular weight excluding hydrogens is 725 g/mol. The molecule has 0 bridgehead atoms. The van der Waals surface area contributed by atoms with Crippen molar-refractivity contribution in [2.75, 3.05) is 0 Å². The van der Waals surface area contributed by atoms with E-state index in [-0.39, 0.29) is 53.7 Å². The minimum atomic E-state index is -0.538. The molecule has 0 radical (unpaired) electrons. The molecule has 0 spiro atoms. The molecule has 3 aromatic carbocycles. The second kappa shape index (κ2) is 22.1. The molecule has 0 N–H and O–H groups in total. The molecule has 3 aromatic rings. The Labute approximate surface area is 336 Å². The first-order valence-corrected chi connectivity index (χ1v) is 20.9. The van der Waals surface area contributed by atoms with Gasteiger partial charge in [0.1, 0.15) is 18.0 Å². The van der Waals surface area contributed by atoms with Gasteiger partial charge in [0, 0.05) is 25.3 Å². The Bertz CT molecular complexity index is 1780. The lowest BCUT2D eigenvalue weighted by atomic mass is 9.87. The van der Waals surface area contributed by atoms with Gasteiger partial charge in [0.2, 0.25) is 0 Å². The topological polar surface area (TPSA) is 132 Å². The zero-order valence-electron chi connectivity index (χ0n) is 33.8. The Morgan fingerprint density at radius 2 is 0.895 bits per heavy atom. The maximum atomic E-state index is 13.2. The fourth-order valence-corrected chi connectivity index (χ4v) is 7.44. The van der Waals surface area contributed by atoms with Crippen LogP contribution in [0.15, 0.2) is 66.7 Å². The molecule has 306 valence electrons. The third-order valence-electron chi connectivity index (χ3n) is 10.8. The van der Waals surface area contributed by atoms with Crippen LogP contribution in [-0.2, 0) is 59.1 Å². The highest BCUT2D eigenvalue weighted by molar-refractivity contribution is 5.79. The van der Waals surface area contributed by atoms with Gasteiger partial charge >= 0.3 is 29.8 Å². The number of aryl methyl sites for hydroxylation is 4. The highest BCUT2D eigenvalue weighted by Gasteiger charge is 2.32. The van der Waals surface area contributed by atoms with Crippen LogP contribution in [0.2, 0.25) is 0 Å². The van der Waals surface area contributed by atoms with Crippen LogP contribution in [0.5, 0.6) is 17.2 Å². The molecule has 0 aromatic heterocycles. The van der Waals surface area contributed by atoms with Crippen molar-refractivity contribution in [1.82, 2.24) is 0 Å². The Hall–Kier alpha value is -4.99. The first-order chi connectivity index (χ1) is 27.6. The fraction of sp³-hybridized carbons (Fsp3) is 0.511. The van der Waals surface area contributed by atoms with Gasteiger partial charge < -0.3 is 23.7 Å². The molecule has 2 saturated carbocycles. The van der Waals surface area contributed by atoms with E-state index in [0.717, 1.165) is 36.8 Å². The van der Waals surface area contributed by atoms with E-state index in [1.807, 2.05) is 0 Å². The Morgan fingerprint density at radius 3 is 1.32 bits per heavy atom. The fourth-order valence-electron chi connectivity index (χ4n) is 7.44. The highest BCUT2D eigenvalue weighted by Crippen LogP contribution is 2.36. The van der Waals surface area contributed by atoms with Gasteiger partial charge in [-0.2, -0.15) is 0 Å². The maximum Gasteiger partial charge on any atom is 0.314 e. The summed E-state index contributed by atoms with van der Waals surface area (Å²) in [5.41, 5.74) is 4.78. The third-order valence-corrected chi connectivity index (χ3v) is 10.8. The van der Waals surface area contributed by atoms with Crippen molar-refractivity contribution in [3.05, 3.63) is 89.0 Å². The second-order valence-electron chi connectivity index (χ2n) is 15.3. The summed E-state index contributed by atoms with van der Waals surface area (Å²) in [4.78, 5) is 63.8. The Kier molecular flexibility index (Phi) is 16.7. The molecular formula is C47H58O10. The molecule has 2 fully saturated rings. The molecule has 57 heavy (non-hydrogen) atoms. The molecule has 2 aliphatic carbocycles. The summed E-state index contributed by atoms with van der Waals surface area (Å²) in [6, 6.07) is 21.0. The summed E-state index contributed by atoms with van der Waals surface area (Å²) in [5, 5.41) is 0. The van der Waals surface area contributed by atoms with Gasteiger partial charge in [-0.25, -0.2) is 0 Å². The van der Waals surface area contributed by atoms with Crippen molar-refractivity contribution in [3.63, 3.8) is 0 Å². The smallest absolute Gasteiger partial charge is 0.314 e. The van der Waals surface area contributed by atoms with E-state index in [1.54, 1.807) is 6.92 Å². The predicted octanol–water partition coefficient (Wildman–Crippen LogP) is 9.19. The molecule has 0 amide bonds. The van der Waals surface area contributed by atoms with Gasteiger partial charge in [0.25, 0.3) is 0 Å². The van der Waals surface area contributed by atoms with E-state index in [9.17, 15) is 24.0 Å². The number of benzene rings is 3. The molecule has 0 aliphatic heterocycles. The number of rotatable bonds is 18. The van der Waals surface area contributed by atoms with Crippen LogP contribution in [0.3, 0.4) is 0 Å². The third kappa shape index (κ3) is 13.9. The number of hydrogen-bond acceptors (Lipinski definition) is 10. The van der Waals surface area contributed by atoms with Gasteiger partial charge in [0.05, 0.1) is 11.8 Å². The van der Waals surface area contributed by atoms with Crippen LogP contribution in [0.1, 0.15) is 126 Å². The first-order valence-electron chi connectivity index (χ1n) is 20.9. The van der Waals surface area contributed by atoms with Crippen LogP contribution in [0.25, 0.3) is 0 Å². The summed E-state index contributed by atoms with van der Waals surface area (Å²) in [6.07, 6.45) is 9.92. The van der Waals surface area contributed by atoms with E-state index >= 15 is 0 Å². The number of carbonyl (C=O) groups is 5. The number of carbonyl (C=O) groups excluding carboxylic acids is 5. The number of hydrogen-bond donors (Lipinski definition) is 0. The number of ether oxygens (including phenoxy) is 5. The van der Waals surface area contributed by atoms with Crippen molar-refractivity contribution in [1.29, 1.82) is 0 Å². The van der Waals surface area contributed by atoms with E-state index in [0.29, 0.717) is 77.0 Å². The first kappa shape index (κ1) is 43.1. The summed E-state index contributed by atoms with van der Waals surface area (Å²) < 4.78 is 28.4. The van der Waals surface area contributed by atoms with Gasteiger partial charge in [-0.05, 0) is 111 Å². The summed E-state index contributed by atoms with van der Waals surface area (Å²) in [7, 11) is 0. The van der Waals surface area contributed by atoms with Crippen LogP contribution in [0, 0.1) is 11.8 Å². The molecule has 0 unspecified atom stereocenters. The lowest BCUT2D eigenvalue weighted by Gasteiger charge is -2.27. The number of esters is 5. The van der Waals surface area contributed by atoms with Gasteiger partial charge in [-0.1, -0.05) is 82.1 Å². The average molecular weight is 783 g/mol. The zero-order chi connectivity index (χ0) is 40.6. The zero-order valence-corrected chi connectivity index (χ0v) is 33.8. The lowest BCUT2D eigenvalue weighted by Crippen LogP contribution is -2.30. The van der Waals surface area contributed by atoms with Crippen molar-refractivity contribution in [3.8, 4) is 17.2 Å². The SMILES string of the molecule is CCCc1ccc(CCC(=O)OC2CCC(C(=O)Oc3ccc(OC(=O)C4CCC(OC(=O)CCc5ccc(CCC)cc5)CC4)c(OC(=O)CC)c3)CC2)cc1. The minimum absolute atomic E-state index is 0.0179. The van der Waals surface area contributed by atoms with E-state index in [1.165, 1.54) is 29.3 Å². The van der Waals surface area contributed by atoms with Gasteiger partial charge in [0.15, 0.2) is 11.5 Å². The van der Waals surface area contributed by atoms with Crippen LogP contribution in [-0.4, -0.2) is 42.1 Å². The van der Waals surface area contributed by atoms with E-state index in [2.05, 4.69) is 62.4 Å². The standard InChI is InChI=1S/C47H58O10/c1-4-7-32-9-13-34(14-10-32)17-29-44(49)53-38-23-19-36(20-24-38)46(51)55-40-27-28-41(42(31-40)56-43(48)6-3)57-47(52)37-21-25-39(26-22-37)54-45(50)30-18-35-15-11-33(8-5-2)12-16-35/h9-16,27-28,31,36-39H,4-8,17-26,29-30H2,1-3H3. The minimum Gasteiger partial charge on any atom is -0.462 e. The van der Waals surface area contributed by atoms with E-state index < -0.39 is 23.8 Å². The lowest BCUT2D eigenvalue weighted by molar-refractivity contribution is -0.153. The predicted molar refractivity (Wildman–Crippen MR) is 215 cm³/mol. The maximum absolute atomic E-state index is 13.2. The normalized spacial score (nSPS) is 19.2. The molecule has 2 aliphatic rings. The quantitative estimate of drug-likeness (QED) is 0.0909. The van der Waals surface area contributed by atoms with E-state index in [4.69, 9.17) is 23.7 Å². The molecule has 5 rings (SSSR count). The van der Waals surface area contributed by atoms with Gasteiger partial charge in [-0.3, -0.25) is 24.0 Å². The molecule has 0 atom stereocenters. The van der Waals surface area contributed by atoms with Crippen LogP contribution < -0.4 is 14.2 Å². The van der Waals surface area contributed by atoms with Crippen LogP contribution >= 0.6 is 0 Å². The molecule has 0 heterocycles. The summed E-state index contributed by atoms with van der Waals surface area (Å²) >= 11 is 0. The van der Waals surface area contributed by atoms with Gasteiger partial charge in [-0.15, -0.1) is 0 Å². The largest absolute Gasteiger partial charge is 0.462 e. The average Bonchev–Trinajstić information content (AvgIpc) is 3.22. The summed E-state index contributed by atoms with van der Waals surface area (Å²) in [6.45, 7) is 5.95. The monoisotopic (exact) mass is 782 g/mol. The second-order valence-corrected chi connectivity index (χ2v) is 15.3. The molecule has 10 heteroatoms. The molecule has 10 nitrogen and oxygen atoms in total. The van der Waals surface area contributed by atoms with Crippen molar-refractivity contribution < 1.29 is 47.7 Å². The highest BCUT2D eigenvalue weighted by atomic mass is 16.6. The van der Waals surface area contributed by atoms with Crippen molar-refractivity contribution in [2.24, 2.45) is 11.8 Å². The van der Waals surface area contributed by atoms with Crippen LogP contribution in [0.4, 0.5) is 0 Å². The Balaban J connectivity index is 1.04. The Morgan fingerprint density at radius 1 is 0.474 bits per heavy atom. The summed E-state index contributed by atoms with van der Waals surface area (Å²) in [5.74, 6) is -2.52. The van der Waals surface area contributed by atoms with Crippen molar-refractivity contribution in [2.45, 2.75) is 142 Å². The molecule has 0 saturated heterocycles. The van der Waals surface area contributed by atoms with Crippen molar-refractivity contribution >= 4 is 29.8 Å².